The van der Waals surface area contributed by atoms with E-state index >= 15 is 0 Å². The minimum Gasteiger partial charge on any atom is -0.494 e. The van der Waals surface area contributed by atoms with Crippen molar-refractivity contribution in [2.75, 3.05) is 26.2 Å². The van der Waals surface area contributed by atoms with Crippen LogP contribution in [0.1, 0.15) is 26.7 Å². The fourth-order valence-corrected chi connectivity index (χ4v) is 4.36. The molecule has 5 nitrogen and oxygen atoms in total. The van der Waals surface area contributed by atoms with Crippen LogP contribution in [0, 0.1) is 0 Å². The van der Waals surface area contributed by atoms with Gasteiger partial charge >= 0.3 is 0 Å². The van der Waals surface area contributed by atoms with E-state index in [9.17, 15) is 8.42 Å². The number of sulfonamides is 1. The third-order valence-corrected chi connectivity index (χ3v) is 5.59. The number of rotatable bonds is 6. The van der Waals surface area contributed by atoms with Crippen LogP contribution in [0.25, 0.3) is 0 Å². The minimum atomic E-state index is -3.46. The molecule has 1 N–H and O–H groups in total. The zero-order valence-corrected chi connectivity index (χ0v) is 13.5. The summed E-state index contributed by atoms with van der Waals surface area (Å²) in [6.07, 6.45) is 1.84. The zero-order valence-electron chi connectivity index (χ0n) is 12.7. The van der Waals surface area contributed by atoms with Crippen molar-refractivity contribution in [3.05, 3.63) is 24.3 Å². The molecule has 1 fully saturated rings. The van der Waals surface area contributed by atoms with Gasteiger partial charge in [-0.25, -0.2) is 8.42 Å². The number of benzene rings is 1. The fourth-order valence-electron chi connectivity index (χ4n) is 2.66. The molecule has 1 aromatic rings. The summed E-state index contributed by atoms with van der Waals surface area (Å²) in [5, 5.41) is 3.27. The SMILES string of the molecule is CCCC1CNCCN1S(=O)(=O)c1cccc(OCC)c1. The van der Waals surface area contributed by atoms with Gasteiger partial charge in [-0.15, -0.1) is 0 Å². The molecule has 0 aromatic heterocycles. The van der Waals surface area contributed by atoms with Crippen molar-refractivity contribution in [3.63, 3.8) is 0 Å². The van der Waals surface area contributed by atoms with Crippen LogP contribution in [-0.2, 0) is 10.0 Å². The first kappa shape index (κ1) is 16.3. The maximum atomic E-state index is 12.9. The Bertz CT molecular complexity index is 558. The lowest BCUT2D eigenvalue weighted by atomic mass is 10.1. The first-order valence-electron chi connectivity index (χ1n) is 7.55. The molecular formula is C15H24N2O3S. The third-order valence-electron chi connectivity index (χ3n) is 3.64. The highest BCUT2D eigenvalue weighted by Gasteiger charge is 2.32. The van der Waals surface area contributed by atoms with Crippen LogP contribution in [0.2, 0.25) is 0 Å². The number of hydrogen-bond acceptors (Lipinski definition) is 4. The highest BCUT2D eigenvalue weighted by molar-refractivity contribution is 7.89. The van der Waals surface area contributed by atoms with Gasteiger partial charge in [0, 0.05) is 31.7 Å². The van der Waals surface area contributed by atoms with Gasteiger partial charge in [-0.3, -0.25) is 0 Å². The van der Waals surface area contributed by atoms with Crippen LogP contribution in [0.15, 0.2) is 29.2 Å². The van der Waals surface area contributed by atoms with Crippen molar-refractivity contribution < 1.29 is 13.2 Å². The number of ether oxygens (including phenoxy) is 1. The van der Waals surface area contributed by atoms with E-state index < -0.39 is 10.0 Å². The number of nitrogens with zero attached hydrogens (tertiary/aromatic N) is 1. The Morgan fingerprint density at radius 2 is 2.19 bits per heavy atom. The summed E-state index contributed by atoms with van der Waals surface area (Å²) in [5.74, 6) is 0.598. The van der Waals surface area contributed by atoms with Crippen molar-refractivity contribution in [2.24, 2.45) is 0 Å². The highest BCUT2D eigenvalue weighted by Crippen LogP contribution is 2.24. The molecule has 0 amide bonds. The molecule has 1 aliphatic rings. The van der Waals surface area contributed by atoms with Gasteiger partial charge in [0.25, 0.3) is 0 Å². The predicted octanol–water partition coefficient (Wildman–Crippen LogP) is 1.85. The molecule has 0 radical (unpaired) electrons. The summed E-state index contributed by atoms with van der Waals surface area (Å²) in [4.78, 5) is 0.316. The monoisotopic (exact) mass is 312 g/mol. The highest BCUT2D eigenvalue weighted by atomic mass is 32.2. The molecule has 1 aliphatic heterocycles. The third kappa shape index (κ3) is 3.75. The summed E-state index contributed by atoms with van der Waals surface area (Å²) in [6.45, 7) is 6.42. The van der Waals surface area contributed by atoms with E-state index in [0.29, 0.717) is 30.3 Å². The van der Waals surface area contributed by atoms with Crippen LogP contribution in [-0.4, -0.2) is 45.0 Å². The van der Waals surface area contributed by atoms with Gasteiger partial charge in [-0.1, -0.05) is 19.4 Å². The largest absolute Gasteiger partial charge is 0.494 e. The van der Waals surface area contributed by atoms with Gasteiger partial charge in [0.05, 0.1) is 11.5 Å². The molecule has 0 aliphatic carbocycles. The van der Waals surface area contributed by atoms with Crippen LogP contribution in [0.5, 0.6) is 5.75 Å². The van der Waals surface area contributed by atoms with E-state index in [4.69, 9.17) is 4.74 Å². The molecule has 1 heterocycles. The van der Waals surface area contributed by atoms with E-state index in [1.165, 1.54) is 0 Å². The Kier molecular flexibility index (Phi) is 5.61. The van der Waals surface area contributed by atoms with E-state index in [1.807, 2.05) is 6.92 Å². The summed E-state index contributed by atoms with van der Waals surface area (Å²) in [7, 11) is -3.46. The molecule has 6 heteroatoms. The zero-order chi connectivity index (χ0) is 15.3. The summed E-state index contributed by atoms with van der Waals surface area (Å²) >= 11 is 0. The van der Waals surface area contributed by atoms with Crippen LogP contribution in [0.4, 0.5) is 0 Å². The standard InChI is InChI=1S/C15H24N2O3S/c1-3-6-13-12-16-9-10-17(13)21(18,19)15-8-5-7-14(11-15)20-4-2/h5,7-8,11,13,16H,3-4,6,9-10,12H2,1-2H3. The average Bonchev–Trinajstić information content (AvgIpc) is 2.49. The molecule has 1 aromatic carbocycles. The molecule has 0 saturated carbocycles. The van der Waals surface area contributed by atoms with E-state index in [2.05, 4.69) is 12.2 Å². The quantitative estimate of drug-likeness (QED) is 0.871. The van der Waals surface area contributed by atoms with E-state index in [-0.39, 0.29) is 6.04 Å². The Balaban J connectivity index is 2.29. The van der Waals surface area contributed by atoms with Gasteiger partial charge in [0.15, 0.2) is 0 Å². The second-order valence-corrected chi connectivity index (χ2v) is 7.06. The lowest BCUT2D eigenvalue weighted by Crippen LogP contribution is -2.53. The van der Waals surface area contributed by atoms with Gasteiger partial charge in [-0.2, -0.15) is 4.31 Å². The van der Waals surface area contributed by atoms with Gasteiger partial charge in [0.1, 0.15) is 5.75 Å². The number of nitrogens with one attached hydrogen (secondary N) is 1. The normalized spacial score (nSPS) is 20.4. The summed E-state index contributed by atoms with van der Waals surface area (Å²) in [6, 6.07) is 6.80. The summed E-state index contributed by atoms with van der Waals surface area (Å²) in [5.41, 5.74) is 0. The minimum absolute atomic E-state index is 0.0319. The van der Waals surface area contributed by atoms with Crippen molar-refractivity contribution in [1.82, 2.24) is 9.62 Å². The Hall–Kier alpha value is -1.11. The van der Waals surface area contributed by atoms with E-state index in [0.717, 1.165) is 19.4 Å². The number of hydrogen-bond donors (Lipinski definition) is 1. The smallest absolute Gasteiger partial charge is 0.243 e. The fraction of sp³-hybridized carbons (Fsp3) is 0.600. The van der Waals surface area contributed by atoms with Crippen molar-refractivity contribution >= 4 is 10.0 Å². The molecule has 2 rings (SSSR count). The predicted molar refractivity (Wildman–Crippen MR) is 83.1 cm³/mol. The van der Waals surface area contributed by atoms with Crippen LogP contribution < -0.4 is 10.1 Å². The van der Waals surface area contributed by atoms with Crippen LogP contribution in [0.3, 0.4) is 0 Å². The lowest BCUT2D eigenvalue weighted by molar-refractivity contribution is 0.254. The first-order valence-corrected chi connectivity index (χ1v) is 8.99. The first-order chi connectivity index (χ1) is 10.1. The maximum absolute atomic E-state index is 12.9. The molecule has 1 saturated heterocycles. The Morgan fingerprint density at radius 3 is 2.90 bits per heavy atom. The molecule has 1 unspecified atom stereocenters. The topological polar surface area (TPSA) is 58.6 Å². The molecule has 21 heavy (non-hydrogen) atoms. The number of piperazine rings is 1. The van der Waals surface area contributed by atoms with Crippen molar-refractivity contribution in [2.45, 2.75) is 37.6 Å². The van der Waals surface area contributed by atoms with E-state index in [1.54, 1.807) is 28.6 Å². The average molecular weight is 312 g/mol. The lowest BCUT2D eigenvalue weighted by Gasteiger charge is -2.35. The van der Waals surface area contributed by atoms with Crippen molar-refractivity contribution in [3.8, 4) is 5.75 Å². The molecule has 0 bridgehead atoms. The molecule has 1 atom stereocenters. The second-order valence-electron chi connectivity index (χ2n) is 5.17. The van der Waals surface area contributed by atoms with Gasteiger partial charge < -0.3 is 10.1 Å². The molecule has 0 spiro atoms. The van der Waals surface area contributed by atoms with Crippen molar-refractivity contribution in [1.29, 1.82) is 0 Å². The summed E-state index contributed by atoms with van der Waals surface area (Å²) < 4.78 is 32.8. The second kappa shape index (κ2) is 7.24. The Morgan fingerprint density at radius 1 is 1.38 bits per heavy atom. The molecular weight excluding hydrogens is 288 g/mol. The molecule has 118 valence electrons. The van der Waals surface area contributed by atoms with Crippen LogP contribution >= 0.6 is 0 Å². The Labute approximate surface area is 127 Å². The van der Waals surface area contributed by atoms with Gasteiger partial charge in [-0.05, 0) is 25.5 Å². The maximum Gasteiger partial charge on any atom is 0.243 e. The van der Waals surface area contributed by atoms with Gasteiger partial charge in [0.2, 0.25) is 10.0 Å².